The molecule has 0 aromatic heterocycles. The van der Waals surface area contributed by atoms with E-state index in [1.54, 1.807) is 0 Å². The molecule has 1 aliphatic heterocycles. The van der Waals surface area contributed by atoms with E-state index < -0.39 is 0 Å². The molecule has 2 nitrogen and oxygen atoms in total. The van der Waals surface area contributed by atoms with Gasteiger partial charge >= 0.3 is 0 Å². The number of hydrogen-bond donors (Lipinski definition) is 1. The first kappa shape index (κ1) is 12.8. The summed E-state index contributed by atoms with van der Waals surface area (Å²) in [5, 5.41) is 0. The summed E-state index contributed by atoms with van der Waals surface area (Å²) in [7, 11) is 0. The number of halogens is 1. The Hall–Kier alpha value is -0.640. The number of benzene rings is 1. The maximum Gasteiger partial charge on any atom is 0.0474 e. The molecule has 0 saturated heterocycles. The van der Waals surface area contributed by atoms with Gasteiger partial charge in [-0.2, -0.15) is 0 Å². The first-order valence-electron chi connectivity index (χ1n) is 6.06. The van der Waals surface area contributed by atoms with Crippen LogP contribution in [0.1, 0.15) is 24.9 Å². The van der Waals surface area contributed by atoms with Crippen LogP contribution in [0.25, 0.3) is 0 Å². The van der Waals surface area contributed by atoms with E-state index in [2.05, 4.69) is 58.1 Å². The lowest BCUT2D eigenvalue weighted by molar-refractivity contribution is 0.217. The molecule has 92 valence electrons. The van der Waals surface area contributed by atoms with Crippen molar-refractivity contribution in [3.8, 4) is 0 Å². The van der Waals surface area contributed by atoms with Gasteiger partial charge < -0.3 is 5.73 Å². The van der Waals surface area contributed by atoms with Crippen LogP contribution in [0.15, 0.2) is 40.4 Å². The van der Waals surface area contributed by atoms with E-state index in [4.69, 9.17) is 5.73 Å². The van der Waals surface area contributed by atoms with Gasteiger partial charge in [0, 0.05) is 30.1 Å². The molecule has 2 rings (SSSR count). The van der Waals surface area contributed by atoms with E-state index in [-0.39, 0.29) is 0 Å². The molecule has 1 aromatic rings. The van der Waals surface area contributed by atoms with Gasteiger partial charge in [0.05, 0.1) is 0 Å². The second-order valence-electron chi connectivity index (χ2n) is 4.60. The summed E-state index contributed by atoms with van der Waals surface area (Å²) >= 11 is 3.52. The third-order valence-electron chi connectivity index (χ3n) is 3.37. The third kappa shape index (κ3) is 3.18. The van der Waals surface area contributed by atoms with Crippen molar-refractivity contribution in [2.24, 2.45) is 5.73 Å². The van der Waals surface area contributed by atoms with Gasteiger partial charge in [0.2, 0.25) is 0 Å². The Morgan fingerprint density at radius 2 is 2.29 bits per heavy atom. The lowest BCUT2D eigenvalue weighted by Crippen LogP contribution is -2.36. The largest absolute Gasteiger partial charge is 0.329 e. The minimum atomic E-state index is 0.330. The van der Waals surface area contributed by atoms with Gasteiger partial charge in [-0.15, -0.1) is 0 Å². The fourth-order valence-corrected chi connectivity index (χ4v) is 2.70. The highest BCUT2D eigenvalue weighted by molar-refractivity contribution is 9.10. The van der Waals surface area contributed by atoms with E-state index >= 15 is 0 Å². The highest BCUT2D eigenvalue weighted by Crippen LogP contribution is 2.25. The maximum atomic E-state index is 5.94. The molecule has 17 heavy (non-hydrogen) atoms. The van der Waals surface area contributed by atoms with Crippen LogP contribution in [0.5, 0.6) is 0 Å². The van der Waals surface area contributed by atoms with Crippen molar-refractivity contribution in [1.29, 1.82) is 0 Å². The summed E-state index contributed by atoms with van der Waals surface area (Å²) < 4.78 is 1.12. The van der Waals surface area contributed by atoms with Gasteiger partial charge in [0.1, 0.15) is 0 Å². The van der Waals surface area contributed by atoms with E-state index in [0.29, 0.717) is 12.6 Å². The Kier molecular flexibility index (Phi) is 4.37. The molecule has 0 saturated carbocycles. The lowest BCUT2D eigenvalue weighted by atomic mass is 10.0. The van der Waals surface area contributed by atoms with Gasteiger partial charge in [-0.1, -0.05) is 39.7 Å². The molecule has 3 heteroatoms. The fourth-order valence-electron chi connectivity index (χ4n) is 2.28. The first-order chi connectivity index (χ1) is 8.20. The second-order valence-corrected chi connectivity index (χ2v) is 5.52. The molecule has 0 spiro atoms. The SMILES string of the molecule is CC1=CCN(C(CN)c2cccc(Br)c2)CC1. The van der Waals surface area contributed by atoms with Crippen LogP contribution < -0.4 is 5.73 Å². The zero-order chi connectivity index (χ0) is 12.3. The van der Waals surface area contributed by atoms with Gasteiger partial charge in [0.15, 0.2) is 0 Å². The highest BCUT2D eigenvalue weighted by Gasteiger charge is 2.20. The average molecular weight is 295 g/mol. The van der Waals surface area contributed by atoms with Crippen molar-refractivity contribution in [1.82, 2.24) is 4.90 Å². The minimum Gasteiger partial charge on any atom is -0.329 e. The van der Waals surface area contributed by atoms with Crippen LogP contribution in [-0.4, -0.2) is 24.5 Å². The van der Waals surface area contributed by atoms with Gasteiger partial charge in [0.25, 0.3) is 0 Å². The fraction of sp³-hybridized carbons (Fsp3) is 0.429. The van der Waals surface area contributed by atoms with Gasteiger partial charge in [-0.3, -0.25) is 4.90 Å². The Bertz CT molecular complexity index is 414. The molecule has 2 N–H and O–H groups in total. The number of rotatable bonds is 3. The van der Waals surface area contributed by atoms with Crippen molar-refractivity contribution in [3.05, 3.63) is 46.0 Å². The molecule has 0 radical (unpaired) electrons. The molecule has 0 fully saturated rings. The molecule has 0 aliphatic carbocycles. The monoisotopic (exact) mass is 294 g/mol. The van der Waals surface area contributed by atoms with Crippen LogP contribution in [-0.2, 0) is 0 Å². The lowest BCUT2D eigenvalue weighted by Gasteiger charge is -2.33. The van der Waals surface area contributed by atoms with Crippen molar-refractivity contribution in [2.75, 3.05) is 19.6 Å². The van der Waals surface area contributed by atoms with Crippen LogP contribution in [0.3, 0.4) is 0 Å². The van der Waals surface area contributed by atoms with Gasteiger partial charge in [-0.25, -0.2) is 0 Å². The molecule has 1 aromatic carbocycles. The molecule has 0 amide bonds. The predicted octanol–water partition coefficient (Wildman–Crippen LogP) is 3.10. The average Bonchev–Trinajstić information content (AvgIpc) is 2.33. The van der Waals surface area contributed by atoms with Crippen molar-refractivity contribution < 1.29 is 0 Å². The van der Waals surface area contributed by atoms with E-state index in [1.807, 2.05) is 0 Å². The molecule has 1 unspecified atom stereocenters. The van der Waals surface area contributed by atoms with Crippen molar-refractivity contribution in [2.45, 2.75) is 19.4 Å². The minimum absolute atomic E-state index is 0.330. The normalized spacial score (nSPS) is 18.9. The van der Waals surface area contributed by atoms with E-state index in [0.717, 1.165) is 24.0 Å². The summed E-state index contributed by atoms with van der Waals surface area (Å²) in [5.41, 5.74) is 8.74. The predicted molar refractivity (Wildman–Crippen MR) is 75.9 cm³/mol. The van der Waals surface area contributed by atoms with E-state index in [9.17, 15) is 0 Å². The van der Waals surface area contributed by atoms with Crippen LogP contribution >= 0.6 is 15.9 Å². The molecule has 1 atom stereocenters. The Morgan fingerprint density at radius 1 is 1.47 bits per heavy atom. The highest BCUT2D eigenvalue weighted by atomic mass is 79.9. The smallest absolute Gasteiger partial charge is 0.0474 e. The van der Waals surface area contributed by atoms with Crippen LogP contribution in [0.4, 0.5) is 0 Å². The Morgan fingerprint density at radius 3 is 2.88 bits per heavy atom. The molecular formula is C14H19BrN2. The van der Waals surface area contributed by atoms with Crippen molar-refractivity contribution >= 4 is 15.9 Å². The van der Waals surface area contributed by atoms with Crippen LogP contribution in [0.2, 0.25) is 0 Å². The summed E-state index contributed by atoms with van der Waals surface area (Å²) in [6, 6.07) is 8.79. The summed E-state index contributed by atoms with van der Waals surface area (Å²) in [4.78, 5) is 2.45. The van der Waals surface area contributed by atoms with Crippen molar-refractivity contribution in [3.63, 3.8) is 0 Å². The maximum absolute atomic E-state index is 5.94. The van der Waals surface area contributed by atoms with Crippen LogP contribution in [0, 0.1) is 0 Å². The topological polar surface area (TPSA) is 29.3 Å². The number of nitrogens with two attached hydrogens (primary N) is 1. The Labute approximate surface area is 112 Å². The molecular weight excluding hydrogens is 276 g/mol. The summed E-state index contributed by atoms with van der Waals surface area (Å²) in [5.74, 6) is 0. The number of nitrogens with zero attached hydrogens (tertiary/aromatic N) is 1. The summed E-state index contributed by atoms with van der Waals surface area (Å²) in [6.07, 6.45) is 3.47. The van der Waals surface area contributed by atoms with Gasteiger partial charge in [-0.05, 0) is 31.0 Å². The van der Waals surface area contributed by atoms with E-state index in [1.165, 1.54) is 11.1 Å². The first-order valence-corrected chi connectivity index (χ1v) is 6.85. The number of hydrogen-bond acceptors (Lipinski definition) is 2. The molecule has 1 aliphatic rings. The standard InChI is InChI=1S/C14H19BrN2/c1-11-5-7-17(8-6-11)14(10-16)12-3-2-4-13(15)9-12/h2-5,9,14H,6-8,10,16H2,1H3. The zero-order valence-corrected chi connectivity index (χ0v) is 11.8. The third-order valence-corrected chi connectivity index (χ3v) is 3.86. The molecule has 1 heterocycles. The molecule has 0 bridgehead atoms. The summed E-state index contributed by atoms with van der Waals surface area (Å²) in [6.45, 7) is 4.99. The second kappa shape index (κ2) is 5.80. The Balaban J connectivity index is 2.16. The zero-order valence-electron chi connectivity index (χ0n) is 10.2. The quantitative estimate of drug-likeness (QED) is 0.868.